The van der Waals surface area contributed by atoms with Crippen molar-refractivity contribution in [3.8, 4) is 81.2 Å². The number of nitriles is 6. The molecule has 0 aliphatic rings. The van der Waals surface area contributed by atoms with Gasteiger partial charge in [0, 0.05) is 27.1 Å². The maximum absolute atomic E-state index is 10.9. The molecule has 0 spiro atoms. The minimum Gasteiger partial charge on any atom is -0.307 e. The van der Waals surface area contributed by atoms with Crippen molar-refractivity contribution in [2.24, 2.45) is 0 Å². The zero-order valence-corrected chi connectivity index (χ0v) is 32.6. The molecule has 0 aliphatic heterocycles. The predicted molar refractivity (Wildman–Crippen MR) is 240 cm³/mol. The van der Waals surface area contributed by atoms with Crippen LogP contribution in [-0.4, -0.2) is 9.13 Å². The lowest BCUT2D eigenvalue weighted by molar-refractivity contribution is 1.09. The Bertz CT molecular complexity index is 3840. The second kappa shape index (κ2) is 14.6. The molecule has 0 saturated heterocycles. The third-order valence-corrected chi connectivity index (χ3v) is 11.5. The minimum absolute atomic E-state index is 0.380. The van der Waals surface area contributed by atoms with Gasteiger partial charge in [0.15, 0.2) is 0 Å². The first-order valence-electron chi connectivity index (χ1n) is 19.5. The number of aromatic nitrogens is 2. The van der Waals surface area contributed by atoms with Gasteiger partial charge in [0.25, 0.3) is 0 Å². The summed E-state index contributed by atoms with van der Waals surface area (Å²) in [6, 6.07) is 63.4. The van der Waals surface area contributed by atoms with Crippen molar-refractivity contribution in [2.75, 3.05) is 0 Å². The topological polar surface area (TPSA) is 153 Å². The summed E-state index contributed by atoms with van der Waals surface area (Å²) in [5.41, 5.74) is 11.6. The van der Waals surface area contributed by atoms with E-state index in [9.17, 15) is 31.6 Å². The molecule has 0 bridgehead atoms. The van der Waals surface area contributed by atoms with Gasteiger partial charge in [-0.2, -0.15) is 31.6 Å². The Labute approximate surface area is 355 Å². The van der Waals surface area contributed by atoms with E-state index in [4.69, 9.17) is 0 Å². The molecule has 282 valence electrons. The van der Waals surface area contributed by atoms with Crippen LogP contribution < -0.4 is 0 Å². The number of hydrogen-bond donors (Lipinski definition) is 0. The first-order chi connectivity index (χ1) is 30.5. The first kappa shape index (κ1) is 36.6. The molecule has 0 fully saturated rings. The van der Waals surface area contributed by atoms with Gasteiger partial charge in [-0.25, -0.2) is 0 Å². The fourth-order valence-corrected chi connectivity index (χ4v) is 8.73. The number of benzene rings is 8. The summed E-state index contributed by atoms with van der Waals surface area (Å²) in [5.74, 6) is 0. The Balaban J connectivity index is 1.35. The lowest BCUT2D eigenvalue weighted by atomic mass is 9.96. The summed E-state index contributed by atoms with van der Waals surface area (Å²) in [6.07, 6.45) is 0. The highest BCUT2D eigenvalue weighted by Gasteiger charge is 2.23. The number of nitrogens with zero attached hydrogens (tertiary/aromatic N) is 8. The van der Waals surface area contributed by atoms with Crippen LogP contribution in [0.3, 0.4) is 0 Å². The van der Waals surface area contributed by atoms with Crippen molar-refractivity contribution in [1.29, 1.82) is 31.6 Å². The van der Waals surface area contributed by atoms with Crippen molar-refractivity contribution in [3.05, 3.63) is 191 Å². The summed E-state index contributed by atoms with van der Waals surface area (Å²) in [5, 5.41) is 64.3. The van der Waals surface area contributed by atoms with Crippen molar-refractivity contribution in [1.82, 2.24) is 9.13 Å². The van der Waals surface area contributed by atoms with Crippen molar-refractivity contribution < 1.29 is 0 Å². The highest BCUT2D eigenvalue weighted by atomic mass is 15.1. The SMILES string of the molecule is N#Cc1cccc(-c2cc(-n3c4ccccc4c4ccc(-c5ccc(C#N)cc5C#N)cc43)c(-n3c4ccccc4c4ccc(-c5ccc(C#N)cc5C#N)cc43)cc2C#N)c1. The van der Waals surface area contributed by atoms with Gasteiger partial charge in [-0.3, -0.25) is 0 Å². The van der Waals surface area contributed by atoms with Gasteiger partial charge < -0.3 is 9.13 Å². The molecule has 2 aromatic heterocycles. The van der Waals surface area contributed by atoms with Crippen LogP contribution in [0.2, 0.25) is 0 Å². The van der Waals surface area contributed by atoms with E-state index < -0.39 is 0 Å². The third kappa shape index (κ3) is 5.71. The Morgan fingerprint density at radius 2 is 0.726 bits per heavy atom. The summed E-state index contributed by atoms with van der Waals surface area (Å²) >= 11 is 0. The molecule has 0 N–H and O–H groups in total. The molecule has 62 heavy (non-hydrogen) atoms. The van der Waals surface area contributed by atoms with Crippen molar-refractivity contribution >= 4 is 43.6 Å². The number of fused-ring (bicyclic) bond motifs is 6. The average Bonchev–Trinajstić information content (AvgIpc) is 3.84. The summed E-state index contributed by atoms with van der Waals surface area (Å²) in [7, 11) is 0. The lowest BCUT2D eigenvalue weighted by Crippen LogP contribution is -2.05. The second-order valence-electron chi connectivity index (χ2n) is 14.8. The second-order valence-corrected chi connectivity index (χ2v) is 14.8. The maximum atomic E-state index is 10.9. The number of hydrogen-bond acceptors (Lipinski definition) is 6. The molecular formula is C54H26N8. The summed E-state index contributed by atoms with van der Waals surface area (Å²) < 4.78 is 4.35. The average molecular weight is 787 g/mol. The van der Waals surface area contributed by atoms with E-state index in [0.29, 0.717) is 61.3 Å². The van der Waals surface area contributed by atoms with Crippen LogP contribution in [-0.2, 0) is 0 Å². The van der Waals surface area contributed by atoms with Crippen LogP contribution in [0.5, 0.6) is 0 Å². The molecule has 0 saturated carbocycles. The molecule has 0 radical (unpaired) electrons. The first-order valence-corrected chi connectivity index (χ1v) is 19.5. The third-order valence-electron chi connectivity index (χ3n) is 11.5. The smallest absolute Gasteiger partial charge is 0.0998 e. The molecule has 10 aromatic rings. The van der Waals surface area contributed by atoms with Crippen LogP contribution in [0, 0.1) is 68.0 Å². The molecule has 10 rings (SSSR count). The molecule has 2 heterocycles. The van der Waals surface area contributed by atoms with Crippen LogP contribution >= 0.6 is 0 Å². The van der Waals surface area contributed by atoms with Gasteiger partial charge in [-0.1, -0.05) is 84.9 Å². The van der Waals surface area contributed by atoms with Gasteiger partial charge in [0.2, 0.25) is 0 Å². The lowest BCUT2D eigenvalue weighted by Gasteiger charge is -2.20. The zero-order valence-electron chi connectivity index (χ0n) is 32.6. The quantitative estimate of drug-likeness (QED) is 0.169. The molecule has 0 atom stereocenters. The van der Waals surface area contributed by atoms with Gasteiger partial charge in [-0.05, 0) is 101 Å². The fourth-order valence-electron chi connectivity index (χ4n) is 8.73. The molecule has 0 amide bonds. The Morgan fingerprint density at radius 1 is 0.290 bits per heavy atom. The normalized spacial score (nSPS) is 10.8. The maximum Gasteiger partial charge on any atom is 0.0998 e. The van der Waals surface area contributed by atoms with Gasteiger partial charge >= 0.3 is 0 Å². The Kier molecular flexibility index (Phi) is 8.62. The van der Waals surface area contributed by atoms with E-state index in [-0.39, 0.29) is 0 Å². The van der Waals surface area contributed by atoms with E-state index in [1.54, 1.807) is 48.5 Å². The van der Waals surface area contributed by atoms with Gasteiger partial charge in [0.1, 0.15) is 0 Å². The fraction of sp³-hybridized carbons (Fsp3) is 0. The van der Waals surface area contributed by atoms with Gasteiger partial charge in [-0.15, -0.1) is 0 Å². The van der Waals surface area contributed by atoms with Gasteiger partial charge in [0.05, 0.1) is 103 Å². The zero-order chi connectivity index (χ0) is 42.5. The number of para-hydroxylation sites is 2. The van der Waals surface area contributed by atoms with Crippen LogP contribution in [0.4, 0.5) is 0 Å². The highest BCUT2D eigenvalue weighted by molar-refractivity contribution is 6.13. The van der Waals surface area contributed by atoms with Crippen LogP contribution in [0.1, 0.15) is 33.4 Å². The van der Waals surface area contributed by atoms with Crippen molar-refractivity contribution in [2.45, 2.75) is 0 Å². The molecular weight excluding hydrogens is 761 g/mol. The van der Waals surface area contributed by atoms with E-state index in [1.807, 2.05) is 66.7 Å². The predicted octanol–water partition coefficient (Wildman–Crippen LogP) is 12.1. The van der Waals surface area contributed by atoms with E-state index in [2.05, 4.69) is 88.0 Å². The standard InChI is InChI=1S/C54H26N8/c55-27-33-6-5-7-36(20-33)48-26-54(62-50-11-4-2-9-45(50)47-19-15-38(24-52(47)62)43-17-13-35(29-57)22-40(43)31-59)53(25-41(48)32-60)61-49-10-3-1-8-44(49)46-18-14-37(23-51(46)61)42-16-12-34(28-56)21-39(42)30-58/h1-26H. The largest absolute Gasteiger partial charge is 0.307 e. The van der Waals surface area contributed by atoms with E-state index in [0.717, 1.165) is 60.4 Å². The van der Waals surface area contributed by atoms with E-state index >= 15 is 0 Å². The molecule has 8 aromatic carbocycles. The summed E-state index contributed by atoms with van der Waals surface area (Å²) in [6.45, 7) is 0. The summed E-state index contributed by atoms with van der Waals surface area (Å²) in [4.78, 5) is 0. The number of rotatable bonds is 5. The van der Waals surface area contributed by atoms with Crippen LogP contribution in [0.25, 0.3) is 88.4 Å². The Morgan fingerprint density at radius 3 is 1.23 bits per heavy atom. The highest BCUT2D eigenvalue weighted by Crippen LogP contribution is 2.43. The molecule has 0 unspecified atom stereocenters. The monoisotopic (exact) mass is 786 g/mol. The Hall–Kier alpha value is -9.70. The van der Waals surface area contributed by atoms with Crippen molar-refractivity contribution in [3.63, 3.8) is 0 Å². The minimum atomic E-state index is 0.380. The molecule has 8 nitrogen and oxygen atoms in total. The molecule has 8 heteroatoms. The van der Waals surface area contributed by atoms with E-state index in [1.165, 1.54) is 0 Å². The van der Waals surface area contributed by atoms with Crippen LogP contribution in [0.15, 0.2) is 158 Å². The molecule has 0 aliphatic carbocycles.